The quantitative estimate of drug-likeness (QED) is 0.528. The van der Waals surface area contributed by atoms with E-state index in [4.69, 9.17) is 5.41 Å². The van der Waals surface area contributed by atoms with Crippen LogP contribution in [0.3, 0.4) is 0 Å². The lowest BCUT2D eigenvalue weighted by Gasteiger charge is -2.16. The molecule has 0 aromatic rings. The van der Waals surface area contributed by atoms with E-state index in [1.165, 1.54) is 0 Å². The highest BCUT2D eigenvalue weighted by molar-refractivity contribution is 6.05. The standard InChI is InChI=1S/C9H13N/c1-6-7(2)9(3,4)5-8(6)10/h10H,1-2,5H2,3-4H3. The van der Waals surface area contributed by atoms with E-state index in [-0.39, 0.29) is 5.41 Å². The van der Waals surface area contributed by atoms with Gasteiger partial charge in [0, 0.05) is 5.71 Å². The Kier molecular flexibility index (Phi) is 1.32. The summed E-state index contributed by atoms with van der Waals surface area (Å²) in [6, 6.07) is 0. The maximum atomic E-state index is 7.48. The van der Waals surface area contributed by atoms with Crippen LogP contribution in [0, 0.1) is 10.8 Å². The predicted octanol–water partition coefficient (Wildman–Crippen LogP) is 2.55. The third-order valence-corrected chi connectivity index (χ3v) is 2.16. The molecule has 1 heteroatoms. The predicted molar refractivity (Wildman–Crippen MR) is 44.4 cm³/mol. The Morgan fingerprint density at radius 2 is 1.90 bits per heavy atom. The van der Waals surface area contributed by atoms with E-state index < -0.39 is 0 Å². The molecule has 1 rings (SSSR count). The molecular weight excluding hydrogens is 122 g/mol. The van der Waals surface area contributed by atoms with Gasteiger partial charge in [-0.05, 0) is 23.0 Å². The Hall–Kier alpha value is -0.850. The van der Waals surface area contributed by atoms with Crippen LogP contribution < -0.4 is 0 Å². The largest absolute Gasteiger partial charge is 0.305 e. The van der Waals surface area contributed by atoms with Gasteiger partial charge >= 0.3 is 0 Å². The van der Waals surface area contributed by atoms with Crippen LogP contribution in [0.15, 0.2) is 24.3 Å². The van der Waals surface area contributed by atoms with Crippen LogP contribution in [0.25, 0.3) is 0 Å². The molecule has 0 atom stereocenters. The van der Waals surface area contributed by atoms with Gasteiger partial charge in [-0.1, -0.05) is 27.0 Å². The molecule has 0 aromatic heterocycles. The fourth-order valence-electron chi connectivity index (χ4n) is 1.25. The lowest BCUT2D eigenvalue weighted by molar-refractivity contribution is 0.499. The molecule has 54 valence electrons. The van der Waals surface area contributed by atoms with Crippen molar-refractivity contribution in [3.8, 4) is 0 Å². The molecule has 1 aliphatic carbocycles. The third-order valence-electron chi connectivity index (χ3n) is 2.16. The number of hydrogen-bond donors (Lipinski definition) is 1. The van der Waals surface area contributed by atoms with Crippen molar-refractivity contribution in [2.75, 3.05) is 0 Å². The molecule has 10 heavy (non-hydrogen) atoms. The molecule has 1 N–H and O–H groups in total. The second-order valence-electron chi connectivity index (χ2n) is 3.50. The minimum Gasteiger partial charge on any atom is -0.305 e. The monoisotopic (exact) mass is 135 g/mol. The molecule has 0 spiro atoms. The summed E-state index contributed by atoms with van der Waals surface area (Å²) in [6.45, 7) is 11.9. The highest BCUT2D eigenvalue weighted by Crippen LogP contribution is 2.41. The van der Waals surface area contributed by atoms with Crippen molar-refractivity contribution in [3.63, 3.8) is 0 Å². The zero-order valence-electron chi connectivity index (χ0n) is 6.62. The van der Waals surface area contributed by atoms with Crippen molar-refractivity contribution >= 4 is 5.71 Å². The van der Waals surface area contributed by atoms with Gasteiger partial charge in [-0.3, -0.25) is 0 Å². The van der Waals surface area contributed by atoms with Crippen molar-refractivity contribution in [3.05, 3.63) is 24.3 Å². The molecule has 1 fully saturated rings. The molecule has 1 saturated carbocycles. The highest BCUT2D eigenvalue weighted by atomic mass is 14.5. The maximum Gasteiger partial charge on any atom is 0.0391 e. The van der Waals surface area contributed by atoms with E-state index in [1.807, 2.05) is 0 Å². The van der Waals surface area contributed by atoms with Crippen molar-refractivity contribution in [1.29, 1.82) is 5.41 Å². The number of hydrogen-bond acceptors (Lipinski definition) is 1. The van der Waals surface area contributed by atoms with Crippen molar-refractivity contribution < 1.29 is 0 Å². The molecule has 0 amide bonds. The van der Waals surface area contributed by atoms with Gasteiger partial charge in [0.05, 0.1) is 0 Å². The van der Waals surface area contributed by atoms with Crippen molar-refractivity contribution in [1.82, 2.24) is 0 Å². The smallest absolute Gasteiger partial charge is 0.0391 e. The molecular formula is C9H13N. The molecule has 0 saturated heterocycles. The van der Waals surface area contributed by atoms with Crippen molar-refractivity contribution in [2.24, 2.45) is 5.41 Å². The molecule has 0 radical (unpaired) electrons. The van der Waals surface area contributed by atoms with E-state index in [2.05, 4.69) is 27.0 Å². The first kappa shape index (κ1) is 7.26. The van der Waals surface area contributed by atoms with Crippen LogP contribution in [-0.4, -0.2) is 5.71 Å². The second kappa shape index (κ2) is 1.82. The summed E-state index contributed by atoms with van der Waals surface area (Å²) in [4.78, 5) is 0. The van der Waals surface area contributed by atoms with Crippen molar-refractivity contribution in [2.45, 2.75) is 20.3 Å². The average Bonchev–Trinajstić information content (AvgIpc) is 1.95. The maximum absolute atomic E-state index is 7.48. The average molecular weight is 135 g/mol. The van der Waals surface area contributed by atoms with Gasteiger partial charge in [0.25, 0.3) is 0 Å². The van der Waals surface area contributed by atoms with Crippen LogP contribution in [0.1, 0.15) is 20.3 Å². The van der Waals surface area contributed by atoms with Crippen LogP contribution in [0.2, 0.25) is 0 Å². The first-order valence-corrected chi connectivity index (χ1v) is 3.41. The van der Waals surface area contributed by atoms with Gasteiger partial charge in [-0.2, -0.15) is 0 Å². The molecule has 0 aliphatic heterocycles. The summed E-state index contributed by atoms with van der Waals surface area (Å²) in [5.41, 5.74) is 2.59. The van der Waals surface area contributed by atoms with Gasteiger partial charge in [0.1, 0.15) is 0 Å². The van der Waals surface area contributed by atoms with E-state index in [9.17, 15) is 0 Å². The van der Waals surface area contributed by atoms with Gasteiger partial charge in [0.15, 0.2) is 0 Å². The Balaban J connectivity index is 3.04. The Labute approximate surface area is 62.0 Å². The second-order valence-corrected chi connectivity index (χ2v) is 3.50. The van der Waals surface area contributed by atoms with Gasteiger partial charge in [0.2, 0.25) is 0 Å². The summed E-state index contributed by atoms with van der Waals surface area (Å²) < 4.78 is 0. The summed E-state index contributed by atoms with van der Waals surface area (Å²) in [7, 11) is 0. The topological polar surface area (TPSA) is 23.9 Å². The Morgan fingerprint density at radius 3 is 2.00 bits per heavy atom. The zero-order chi connectivity index (χ0) is 7.94. The van der Waals surface area contributed by atoms with Crippen LogP contribution in [0.4, 0.5) is 0 Å². The Morgan fingerprint density at radius 1 is 1.40 bits per heavy atom. The van der Waals surface area contributed by atoms with Crippen LogP contribution in [-0.2, 0) is 0 Å². The summed E-state index contributed by atoms with van der Waals surface area (Å²) >= 11 is 0. The SMILES string of the molecule is C=C1C(=C)C(C)(C)CC1=N. The number of rotatable bonds is 0. The summed E-state index contributed by atoms with van der Waals surface area (Å²) in [5, 5.41) is 7.48. The minimum atomic E-state index is 0.0775. The molecule has 1 nitrogen and oxygen atoms in total. The lowest BCUT2D eigenvalue weighted by Crippen LogP contribution is -2.06. The van der Waals surface area contributed by atoms with E-state index in [1.54, 1.807) is 0 Å². The van der Waals surface area contributed by atoms with Gasteiger partial charge in [-0.25, -0.2) is 0 Å². The minimum absolute atomic E-state index is 0.0775. The van der Waals surface area contributed by atoms with Crippen LogP contribution in [0.5, 0.6) is 0 Å². The first-order chi connectivity index (χ1) is 4.45. The van der Waals surface area contributed by atoms with Gasteiger partial charge < -0.3 is 5.41 Å². The number of nitrogens with one attached hydrogen (secondary N) is 1. The molecule has 0 bridgehead atoms. The summed E-state index contributed by atoms with van der Waals surface area (Å²) in [5.74, 6) is 0. The van der Waals surface area contributed by atoms with Gasteiger partial charge in [-0.15, -0.1) is 0 Å². The van der Waals surface area contributed by atoms with Crippen LogP contribution >= 0.6 is 0 Å². The molecule has 1 aliphatic rings. The molecule has 0 heterocycles. The summed E-state index contributed by atoms with van der Waals surface area (Å²) in [6.07, 6.45) is 0.796. The fourth-order valence-corrected chi connectivity index (χ4v) is 1.25. The van der Waals surface area contributed by atoms with E-state index in [0.29, 0.717) is 5.71 Å². The number of allylic oxidation sites excluding steroid dienone is 2. The highest BCUT2D eigenvalue weighted by Gasteiger charge is 2.33. The fraction of sp³-hybridized carbons (Fsp3) is 0.444. The first-order valence-electron chi connectivity index (χ1n) is 3.41. The van der Waals surface area contributed by atoms with E-state index in [0.717, 1.165) is 17.6 Å². The normalized spacial score (nSPS) is 24.0. The molecule has 0 unspecified atom stereocenters. The lowest BCUT2D eigenvalue weighted by atomic mass is 9.87. The zero-order valence-corrected chi connectivity index (χ0v) is 6.62. The van der Waals surface area contributed by atoms with E-state index >= 15 is 0 Å². The molecule has 0 aromatic carbocycles. The third kappa shape index (κ3) is 0.821. The Bertz CT molecular complexity index is 221.